The summed E-state index contributed by atoms with van der Waals surface area (Å²) >= 11 is 0. The number of aromatic nitrogens is 3. The van der Waals surface area contributed by atoms with Gasteiger partial charge in [-0.2, -0.15) is 5.10 Å². The van der Waals surface area contributed by atoms with Gasteiger partial charge in [0.1, 0.15) is 0 Å². The molecule has 0 atom stereocenters. The molecule has 1 amide bonds. The first-order chi connectivity index (χ1) is 13.5. The molecule has 1 N–H and O–H groups in total. The summed E-state index contributed by atoms with van der Waals surface area (Å²) in [5.41, 5.74) is 3.81. The Hall–Kier alpha value is -3.13. The molecule has 1 aromatic carbocycles. The van der Waals surface area contributed by atoms with Gasteiger partial charge in [-0.3, -0.25) is 19.4 Å². The Balaban J connectivity index is 1.45. The molecule has 1 aliphatic rings. The molecule has 28 heavy (non-hydrogen) atoms. The van der Waals surface area contributed by atoms with E-state index in [1.54, 1.807) is 30.2 Å². The minimum Gasteiger partial charge on any atom is -0.346 e. The Labute approximate surface area is 160 Å². The quantitative estimate of drug-likeness (QED) is 0.736. The SMILES string of the molecule is Cn1nc(C(=O)NCc2cccnc2)c2c1CN(Cc1ccc(F)c(F)c1)C2. The van der Waals surface area contributed by atoms with Crippen molar-refractivity contribution in [2.75, 3.05) is 0 Å². The number of rotatable bonds is 5. The van der Waals surface area contributed by atoms with Crippen molar-refractivity contribution in [1.82, 2.24) is 25.0 Å². The molecular weight excluding hydrogens is 364 g/mol. The van der Waals surface area contributed by atoms with Gasteiger partial charge in [-0.15, -0.1) is 0 Å². The van der Waals surface area contributed by atoms with Crippen LogP contribution in [-0.4, -0.2) is 25.6 Å². The smallest absolute Gasteiger partial charge is 0.272 e. The molecule has 2 aromatic heterocycles. The van der Waals surface area contributed by atoms with E-state index in [2.05, 4.69) is 20.3 Å². The molecule has 1 aliphatic heterocycles. The molecule has 6 nitrogen and oxygen atoms in total. The van der Waals surface area contributed by atoms with E-state index in [0.717, 1.165) is 22.9 Å². The molecular formula is C20H19F2N5O. The minimum atomic E-state index is -0.856. The molecule has 0 unspecified atom stereocenters. The molecule has 4 rings (SSSR count). The van der Waals surface area contributed by atoms with Crippen LogP contribution in [0.2, 0.25) is 0 Å². The summed E-state index contributed by atoms with van der Waals surface area (Å²) < 4.78 is 28.3. The van der Waals surface area contributed by atoms with Gasteiger partial charge < -0.3 is 5.32 Å². The predicted octanol–water partition coefficient (Wildman–Crippen LogP) is 2.54. The summed E-state index contributed by atoms with van der Waals surface area (Å²) in [6.07, 6.45) is 3.38. The third kappa shape index (κ3) is 3.63. The highest BCUT2D eigenvalue weighted by atomic mass is 19.2. The zero-order valence-electron chi connectivity index (χ0n) is 15.3. The second kappa shape index (κ2) is 7.47. The Bertz CT molecular complexity index is 1020. The first-order valence-corrected chi connectivity index (χ1v) is 8.89. The number of hydrogen-bond donors (Lipinski definition) is 1. The summed E-state index contributed by atoms with van der Waals surface area (Å²) in [6, 6.07) is 7.61. The number of fused-ring (bicyclic) bond motifs is 1. The molecule has 0 aliphatic carbocycles. The van der Waals surface area contributed by atoms with Crippen LogP contribution in [0.25, 0.3) is 0 Å². The standard InChI is InChI=1S/C20H19F2N5O/c1-26-18-12-27(10-13-4-5-16(21)17(22)7-13)11-15(18)19(25-26)20(28)24-9-14-3-2-6-23-8-14/h2-8H,9-12H2,1H3,(H,24,28). The number of pyridine rings is 1. The van der Waals surface area contributed by atoms with Crippen LogP contribution in [0.4, 0.5) is 8.78 Å². The number of benzene rings is 1. The number of halogens is 2. The van der Waals surface area contributed by atoms with E-state index in [9.17, 15) is 13.6 Å². The Kier molecular flexibility index (Phi) is 4.87. The lowest BCUT2D eigenvalue weighted by Crippen LogP contribution is -2.25. The average Bonchev–Trinajstić information content (AvgIpc) is 3.23. The average molecular weight is 383 g/mol. The highest BCUT2D eigenvalue weighted by Crippen LogP contribution is 2.27. The van der Waals surface area contributed by atoms with Crippen molar-refractivity contribution >= 4 is 5.91 Å². The number of nitrogens with one attached hydrogen (secondary N) is 1. The Morgan fingerprint density at radius 1 is 1.18 bits per heavy atom. The van der Waals surface area contributed by atoms with Gasteiger partial charge in [0, 0.05) is 51.2 Å². The van der Waals surface area contributed by atoms with Gasteiger partial charge in [0.25, 0.3) is 5.91 Å². The monoisotopic (exact) mass is 383 g/mol. The highest BCUT2D eigenvalue weighted by Gasteiger charge is 2.29. The van der Waals surface area contributed by atoms with Crippen LogP contribution in [0.15, 0.2) is 42.7 Å². The molecule has 0 spiro atoms. The maximum absolute atomic E-state index is 13.4. The topological polar surface area (TPSA) is 63.1 Å². The normalized spacial score (nSPS) is 13.5. The van der Waals surface area contributed by atoms with E-state index in [1.165, 1.54) is 6.07 Å². The number of amides is 1. The van der Waals surface area contributed by atoms with Crippen molar-refractivity contribution in [3.63, 3.8) is 0 Å². The number of carbonyl (C=O) groups excluding carboxylic acids is 1. The zero-order chi connectivity index (χ0) is 19.7. The second-order valence-electron chi connectivity index (χ2n) is 6.84. The zero-order valence-corrected chi connectivity index (χ0v) is 15.3. The van der Waals surface area contributed by atoms with Crippen LogP contribution in [0.5, 0.6) is 0 Å². The number of nitrogens with zero attached hydrogens (tertiary/aromatic N) is 4. The number of aryl methyl sites for hydroxylation is 1. The van der Waals surface area contributed by atoms with Crippen molar-refractivity contribution in [2.45, 2.75) is 26.2 Å². The van der Waals surface area contributed by atoms with E-state index < -0.39 is 11.6 Å². The lowest BCUT2D eigenvalue weighted by Gasteiger charge is -2.16. The molecule has 8 heteroatoms. The third-order valence-electron chi connectivity index (χ3n) is 4.81. The van der Waals surface area contributed by atoms with Crippen LogP contribution in [0.3, 0.4) is 0 Å². The van der Waals surface area contributed by atoms with Gasteiger partial charge in [-0.25, -0.2) is 8.78 Å². The molecule has 0 radical (unpaired) electrons. The van der Waals surface area contributed by atoms with Gasteiger partial charge >= 0.3 is 0 Å². The summed E-state index contributed by atoms with van der Waals surface area (Å²) in [5.74, 6) is -1.95. The summed E-state index contributed by atoms with van der Waals surface area (Å²) in [7, 11) is 1.80. The van der Waals surface area contributed by atoms with Gasteiger partial charge in [0.2, 0.25) is 0 Å². The van der Waals surface area contributed by atoms with Gasteiger partial charge in [-0.1, -0.05) is 12.1 Å². The molecule has 0 bridgehead atoms. The van der Waals surface area contributed by atoms with E-state index in [0.29, 0.717) is 37.4 Å². The van der Waals surface area contributed by atoms with E-state index in [1.807, 2.05) is 12.1 Å². The van der Waals surface area contributed by atoms with Crippen molar-refractivity contribution in [3.8, 4) is 0 Å². The van der Waals surface area contributed by atoms with Crippen LogP contribution < -0.4 is 5.32 Å². The molecule has 0 saturated carbocycles. The van der Waals surface area contributed by atoms with Crippen LogP contribution in [0.1, 0.15) is 32.9 Å². The van der Waals surface area contributed by atoms with Gasteiger partial charge in [0.15, 0.2) is 17.3 Å². The van der Waals surface area contributed by atoms with Crippen molar-refractivity contribution in [1.29, 1.82) is 0 Å². The van der Waals surface area contributed by atoms with Crippen molar-refractivity contribution in [3.05, 3.63) is 82.4 Å². The van der Waals surface area contributed by atoms with E-state index in [4.69, 9.17) is 0 Å². The van der Waals surface area contributed by atoms with Gasteiger partial charge in [-0.05, 0) is 29.3 Å². The fraction of sp³-hybridized carbons (Fsp3) is 0.250. The van der Waals surface area contributed by atoms with Crippen LogP contribution >= 0.6 is 0 Å². The summed E-state index contributed by atoms with van der Waals surface area (Å²) in [4.78, 5) is 18.7. The maximum atomic E-state index is 13.4. The Morgan fingerprint density at radius 3 is 2.79 bits per heavy atom. The van der Waals surface area contributed by atoms with Crippen molar-refractivity contribution < 1.29 is 13.6 Å². The van der Waals surface area contributed by atoms with Crippen LogP contribution in [0, 0.1) is 11.6 Å². The maximum Gasteiger partial charge on any atom is 0.272 e. The molecule has 0 fully saturated rings. The lowest BCUT2D eigenvalue weighted by molar-refractivity contribution is 0.0943. The largest absolute Gasteiger partial charge is 0.346 e. The van der Waals surface area contributed by atoms with Crippen molar-refractivity contribution in [2.24, 2.45) is 7.05 Å². The number of hydrogen-bond acceptors (Lipinski definition) is 4. The number of carbonyl (C=O) groups is 1. The summed E-state index contributed by atoms with van der Waals surface area (Å²) in [6.45, 7) is 1.95. The molecule has 3 aromatic rings. The molecule has 3 heterocycles. The van der Waals surface area contributed by atoms with E-state index >= 15 is 0 Å². The Morgan fingerprint density at radius 2 is 2.04 bits per heavy atom. The molecule has 144 valence electrons. The second-order valence-corrected chi connectivity index (χ2v) is 6.84. The fourth-order valence-electron chi connectivity index (χ4n) is 3.42. The van der Waals surface area contributed by atoms with Crippen LogP contribution in [-0.2, 0) is 33.2 Å². The first-order valence-electron chi connectivity index (χ1n) is 8.89. The highest BCUT2D eigenvalue weighted by molar-refractivity contribution is 5.94. The fourth-order valence-corrected chi connectivity index (χ4v) is 3.42. The first kappa shape index (κ1) is 18.2. The third-order valence-corrected chi connectivity index (χ3v) is 4.81. The molecule has 0 saturated heterocycles. The summed E-state index contributed by atoms with van der Waals surface area (Å²) in [5, 5.41) is 7.24. The van der Waals surface area contributed by atoms with Gasteiger partial charge in [0.05, 0.1) is 5.69 Å². The minimum absolute atomic E-state index is 0.240. The lowest BCUT2D eigenvalue weighted by atomic mass is 10.2. The van der Waals surface area contributed by atoms with E-state index in [-0.39, 0.29) is 5.91 Å². The predicted molar refractivity (Wildman–Crippen MR) is 97.9 cm³/mol.